The zero-order valence-electron chi connectivity index (χ0n) is 17.2. The van der Waals surface area contributed by atoms with Crippen LogP contribution in [0.1, 0.15) is 27.5 Å². The second kappa shape index (κ2) is 10.4. The number of hydrogen-bond donors (Lipinski definition) is 2. The number of esters is 1. The molecule has 1 atom stereocenters. The van der Waals surface area contributed by atoms with Crippen molar-refractivity contribution in [3.8, 4) is 5.75 Å². The molecule has 0 unspecified atom stereocenters. The lowest BCUT2D eigenvalue weighted by molar-refractivity contribution is -0.118. The lowest BCUT2D eigenvalue weighted by Crippen LogP contribution is -2.32. The smallest absolute Gasteiger partial charge is 0.341 e. The van der Waals surface area contributed by atoms with Gasteiger partial charge in [-0.1, -0.05) is 36.4 Å². The van der Waals surface area contributed by atoms with Crippen LogP contribution in [0.3, 0.4) is 0 Å². The zero-order valence-corrected chi connectivity index (χ0v) is 17.2. The zero-order chi connectivity index (χ0) is 22.2. The van der Waals surface area contributed by atoms with Crippen molar-refractivity contribution in [3.63, 3.8) is 0 Å². The van der Waals surface area contributed by atoms with Gasteiger partial charge in [-0.05, 0) is 47.5 Å². The highest BCUT2D eigenvalue weighted by Crippen LogP contribution is 2.22. The highest BCUT2D eigenvalue weighted by molar-refractivity contribution is 5.95. The van der Waals surface area contributed by atoms with Gasteiger partial charge in [-0.2, -0.15) is 0 Å². The number of rotatable bonds is 8. The Labute approximate surface area is 180 Å². The molecule has 3 aromatic carbocycles. The van der Waals surface area contributed by atoms with E-state index in [1.54, 1.807) is 18.2 Å². The van der Waals surface area contributed by atoms with E-state index < -0.39 is 12.0 Å². The summed E-state index contributed by atoms with van der Waals surface area (Å²) in [6.07, 6.45) is 0. The molecule has 0 radical (unpaired) electrons. The van der Waals surface area contributed by atoms with E-state index >= 15 is 0 Å². The van der Waals surface area contributed by atoms with Crippen molar-refractivity contribution >= 4 is 17.6 Å². The molecule has 0 aliphatic heterocycles. The van der Waals surface area contributed by atoms with E-state index in [1.165, 1.54) is 38.5 Å². The van der Waals surface area contributed by atoms with Crippen molar-refractivity contribution in [3.05, 3.63) is 95.3 Å². The monoisotopic (exact) mass is 422 g/mol. The average Bonchev–Trinajstić information content (AvgIpc) is 2.80. The first-order chi connectivity index (χ1) is 15.0. The molecule has 3 aromatic rings. The molecule has 0 aromatic heterocycles. The van der Waals surface area contributed by atoms with Gasteiger partial charge in [-0.25, -0.2) is 9.18 Å². The molecule has 3 rings (SSSR count). The van der Waals surface area contributed by atoms with Crippen LogP contribution in [0.4, 0.5) is 10.1 Å². The fraction of sp³-hybridized carbons (Fsp3) is 0.167. The van der Waals surface area contributed by atoms with Gasteiger partial charge in [0.2, 0.25) is 5.91 Å². The van der Waals surface area contributed by atoms with Gasteiger partial charge in [-0.3, -0.25) is 10.1 Å². The molecule has 2 N–H and O–H groups in total. The number of carbonyl (C=O) groups excluding carboxylic acids is 2. The molecule has 0 bridgehead atoms. The molecule has 6 nitrogen and oxygen atoms in total. The summed E-state index contributed by atoms with van der Waals surface area (Å²) in [7, 11) is 2.78. The third-order valence-corrected chi connectivity index (χ3v) is 4.69. The van der Waals surface area contributed by atoms with Crippen molar-refractivity contribution in [1.29, 1.82) is 0 Å². The van der Waals surface area contributed by atoms with Crippen LogP contribution in [0.2, 0.25) is 0 Å². The van der Waals surface area contributed by atoms with Gasteiger partial charge in [0.15, 0.2) is 0 Å². The first-order valence-electron chi connectivity index (χ1n) is 9.62. The Balaban J connectivity index is 1.80. The first kappa shape index (κ1) is 22.0. The number of anilines is 1. The van der Waals surface area contributed by atoms with Crippen molar-refractivity contribution in [2.45, 2.75) is 12.6 Å². The maximum absolute atomic E-state index is 13.2. The van der Waals surface area contributed by atoms with Crippen molar-refractivity contribution in [2.75, 3.05) is 19.5 Å². The number of carbonyl (C=O) groups is 2. The van der Waals surface area contributed by atoms with Gasteiger partial charge < -0.3 is 14.8 Å². The van der Waals surface area contributed by atoms with Crippen LogP contribution in [-0.2, 0) is 16.1 Å². The summed E-state index contributed by atoms with van der Waals surface area (Å²) in [6.45, 7) is 0.310. The highest BCUT2D eigenvalue weighted by atomic mass is 19.1. The minimum atomic E-state index is -0.671. The van der Waals surface area contributed by atoms with Crippen molar-refractivity contribution in [2.24, 2.45) is 0 Å². The Bertz CT molecular complexity index is 1040. The molecule has 0 aliphatic rings. The Kier molecular flexibility index (Phi) is 7.35. The van der Waals surface area contributed by atoms with Crippen LogP contribution in [0.5, 0.6) is 5.75 Å². The van der Waals surface area contributed by atoms with E-state index in [1.807, 2.05) is 30.3 Å². The topological polar surface area (TPSA) is 76.7 Å². The molecule has 160 valence electrons. The maximum Gasteiger partial charge on any atom is 0.341 e. The van der Waals surface area contributed by atoms with E-state index in [4.69, 9.17) is 9.47 Å². The summed E-state index contributed by atoms with van der Waals surface area (Å²) in [5.41, 5.74) is 2.34. The summed E-state index contributed by atoms with van der Waals surface area (Å²) >= 11 is 0. The Morgan fingerprint density at radius 1 is 0.968 bits per heavy atom. The van der Waals surface area contributed by atoms with Gasteiger partial charge in [0.05, 0.1) is 14.2 Å². The Morgan fingerprint density at radius 2 is 1.68 bits per heavy atom. The lowest BCUT2D eigenvalue weighted by Gasteiger charge is -2.19. The summed E-state index contributed by atoms with van der Waals surface area (Å²) in [5.74, 6) is -0.771. The molecule has 0 saturated heterocycles. The van der Waals surface area contributed by atoms with Crippen LogP contribution < -0.4 is 15.4 Å². The Morgan fingerprint density at radius 3 is 2.32 bits per heavy atom. The van der Waals surface area contributed by atoms with Crippen molar-refractivity contribution in [1.82, 2.24) is 5.32 Å². The molecule has 0 saturated carbocycles. The summed E-state index contributed by atoms with van der Waals surface area (Å²) < 4.78 is 23.2. The molecular weight excluding hydrogens is 399 g/mol. The molecular formula is C24H23FN2O4. The van der Waals surface area contributed by atoms with Gasteiger partial charge >= 0.3 is 5.97 Å². The minimum absolute atomic E-state index is 0.292. The quantitative estimate of drug-likeness (QED) is 0.535. The second-order valence-electron chi connectivity index (χ2n) is 6.75. The predicted molar refractivity (Wildman–Crippen MR) is 115 cm³/mol. The third kappa shape index (κ3) is 5.67. The Hall–Kier alpha value is -3.71. The van der Waals surface area contributed by atoms with Crippen LogP contribution in [0.25, 0.3) is 0 Å². The van der Waals surface area contributed by atoms with Crippen LogP contribution >= 0.6 is 0 Å². The largest absolute Gasteiger partial charge is 0.496 e. The minimum Gasteiger partial charge on any atom is -0.496 e. The van der Waals surface area contributed by atoms with Gasteiger partial charge in [0.1, 0.15) is 23.2 Å². The molecule has 0 fully saturated rings. The van der Waals surface area contributed by atoms with E-state index in [0.717, 1.165) is 11.1 Å². The second-order valence-corrected chi connectivity index (χ2v) is 6.75. The fourth-order valence-corrected chi connectivity index (χ4v) is 3.11. The van der Waals surface area contributed by atoms with Gasteiger partial charge in [0, 0.05) is 12.2 Å². The summed E-state index contributed by atoms with van der Waals surface area (Å²) in [6, 6.07) is 19.3. The molecule has 31 heavy (non-hydrogen) atoms. The highest BCUT2D eigenvalue weighted by Gasteiger charge is 2.21. The molecule has 0 heterocycles. The fourth-order valence-electron chi connectivity index (χ4n) is 3.11. The summed E-state index contributed by atoms with van der Waals surface area (Å²) in [4.78, 5) is 25.0. The van der Waals surface area contributed by atoms with E-state index in [2.05, 4.69) is 10.6 Å². The van der Waals surface area contributed by atoms with Crippen LogP contribution in [0, 0.1) is 5.82 Å². The standard InChI is InChI=1S/C24H23FN2O4/c1-30-21-13-8-16(14-20(21)24(29)31-2)15-26-22(17-6-4-3-5-7-17)23(28)27-19-11-9-18(25)10-12-19/h3-14,22,26H,15H2,1-2H3,(H,27,28)/t22-/m1/s1. The lowest BCUT2D eigenvalue weighted by atomic mass is 10.0. The van der Waals surface area contributed by atoms with Crippen molar-refractivity contribution < 1.29 is 23.5 Å². The molecule has 1 amide bonds. The number of hydrogen-bond acceptors (Lipinski definition) is 5. The van der Waals surface area contributed by atoms with E-state index in [9.17, 15) is 14.0 Å². The number of methoxy groups -OCH3 is 2. The molecule has 0 aliphatic carbocycles. The number of amides is 1. The normalized spacial score (nSPS) is 11.5. The number of halogens is 1. The SMILES string of the molecule is COC(=O)c1cc(CN[C@@H](C(=O)Nc2ccc(F)cc2)c2ccccc2)ccc1OC. The number of benzene rings is 3. The molecule has 0 spiro atoms. The van der Waals surface area contributed by atoms with Gasteiger partial charge in [0.25, 0.3) is 0 Å². The predicted octanol–water partition coefficient (Wildman–Crippen LogP) is 4.09. The number of nitrogens with one attached hydrogen (secondary N) is 2. The molecule has 7 heteroatoms. The maximum atomic E-state index is 13.2. The third-order valence-electron chi connectivity index (χ3n) is 4.69. The van der Waals surface area contributed by atoms with Crippen LogP contribution in [-0.4, -0.2) is 26.1 Å². The van der Waals surface area contributed by atoms with Crippen LogP contribution in [0.15, 0.2) is 72.8 Å². The first-order valence-corrected chi connectivity index (χ1v) is 9.62. The van der Waals surface area contributed by atoms with E-state index in [-0.39, 0.29) is 11.7 Å². The van der Waals surface area contributed by atoms with Gasteiger partial charge in [-0.15, -0.1) is 0 Å². The summed E-state index contributed by atoms with van der Waals surface area (Å²) in [5, 5.41) is 6.03. The number of ether oxygens (including phenoxy) is 2. The van der Waals surface area contributed by atoms with E-state index in [0.29, 0.717) is 23.5 Å². The average molecular weight is 422 g/mol.